The van der Waals surface area contributed by atoms with Crippen molar-refractivity contribution in [1.82, 2.24) is 10.6 Å². The summed E-state index contributed by atoms with van der Waals surface area (Å²) in [5.41, 5.74) is 1.23. The minimum atomic E-state index is -0.406. The molecule has 0 aliphatic heterocycles. The van der Waals surface area contributed by atoms with Gasteiger partial charge in [0.2, 0.25) is 0 Å². The molecule has 0 atom stereocenters. The van der Waals surface area contributed by atoms with Crippen LogP contribution in [-0.2, 0) is 6.54 Å². The van der Waals surface area contributed by atoms with E-state index in [9.17, 15) is 4.79 Å². The van der Waals surface area contributed by atoms with E-state index >= 15 is 0 Å². The number of methoxy groups -OCH3 is 1. The number of hydrogen-bond donors (Lipinski definition) is 2. The fourth-order valence-corrected chi connectivity index (χ4v) is 3.00. The summed E-state index contributed by atoms with van der Waals surface area (Å²) in [5.74, 6) is 0.947. The number of rotatable bonds is 8. The second-order valence-electron chi connectivity index (χ2n) is 5.95. The first-order chi connectivity index (χ1) is 13.4. The summed E-state index contributed by atoms with van der Waals surface area (Å²) in [4.78, 5) is 12.3. The zero-order chi connectivity index (χ0) is 20.5. The molecule has 2 aromatic rings. The zero-order valence-corrected chi connectivity index (χ0v) is 18.0. The highest BCUT2D eigenvalue weighted by Crippen LogP contribution is 2.28. The van der Waals surface area contributed by atoms with Crippen molar-refractivity contribution in [3.8, 4) is 11.5 Å². The van der Waals surface area contributed by atoms with E-state index < -0.39 is 5.91 Å². The number of unbranched alkanes of at least 4 members (excludes halogenated alkanes) is 1. The SMILES string of the molecule is CCCCOc1ccc(CNC(=S)NC(=O)c2ccc(Cl)cc2Cl)cc1OC. The average Bonchev–Trinajstić information content (AvgIpc) is 2.67. The van der Waals surface area contributed by atoms with E-state index in [0.29, 0.717) is 35.2 Å². The molecular weight excluding hydrogens is 419 g/mol. The number of hydrogen-bond acceptors (Lipinski definition) is 4. The number of benzene rings is 2. The number of carbonyl (C=O) groups is 1. The van der Waals surface area contributed by atoms with Crippen LogP contribution in [0.25, 0.3) is 0 Å². The second-order valence-corrected chi connectivity index (χ2v) is 7.20. The number of ether oxygens (including phenoxy) is 2. The Balaban J connectivity index is 1.92. The van der Waals surface area contributed by atoms with Gasteiger partial charge in [0.05, 0.1) is 24.3 Å². The lowest BCUT2D eigenvalue weighted by Crippen LogP contribution is -2.38. The highest BCUT2D eigenvalue weighted by atomic mass is 35.5. The third-order valence-electron chi connectivity index (χ3n) is 3.84. The summed E-state index contributed by atoms with van der Waals surface area (Å²) >= 11 is 17.1. The van der Waals surface area contributed by atoms with E-state index in [1.165, 1.54) is 6.07 Å². The summed E-state index contributed by atoms with van der Waals surface area (Å²) in [6.45, 7) is 3.17. The van der Waals surface area contributed by atoms with Crippen molar-refractivity contribution >= 4 is 46.4 Å². The molecule has 0 aromatic heterocycles. The Morgan fingerprint density at radius 1 is 1.14 bits per heavy atom. The number of carbonyl (C=O) groups excluding carboxylic acids is 1. The highest BCUT2D eigenvalue weighted by Gasteiger charge is 2.12. The Kier molecular flexibility index (Phi) is 8.83. The predicted octanol–water partition coefficient (Wildman–Crippen LogP) is 4.99. The van der Waals surface area contributed by atoms with Crippen LogP contribution in [0, 0.1) is 0 Å². The van der Waals surface area contributed by atoms with Gasteiger partial charge in [-0.05, 0) is 54.5 Å². The van der Waals surface area contributed by atoms with Crippen molar-refractivity contribution in [3.63, 3.8) is 0 Å². The number of thiocarbonyl (C=S) groups is 1. The van der Waals surface area contributed by atoms with E-state index in [-0.39, 0.29) is 10.1 Å². The maximum absolute atomic E-state index is 12.3. The summed E-state index contributed by atoms with van der Waals surface area (Å²) in [6.07, 6.45) is 2.05. The molecule has 0 aliphatic carbocycles. The predicted molar refractivity (Wildman–Crippen MR) is 117 cm³/mol. The molecule has 5 nitrogen and oxygen atoms in total. The van der Waals surface area contributed by atoms with E-state index in [1.54, 1.807) is 19.2 Å². The van der Waals surface area contributed by atoms with Gasteiger partial charge in [0.15, 0.2) is 16.6 Å². The van der Waals surface area contributed by atoms with Crippen LogP contribution in [0.1, 0.15) is 35.7 Å². The molecular formula is C20H22Cl2N2O3S. The maximum atomic E-state index is 12.3. The average molecular weight is 441 g/mol. The van der Waals surface area contributed by atoms with E-state index in [1.807, 2.05) is 18.2 Å². The molecule has 28 heavy (non-hydrogen) atoms. The topological polar surface area (TPSA) is 59.6 Å². The van der Waals surface area contributed by atoms with Gasteiger partial charge in [-0.1, -0.05) is 42.6 Å². The van der Waals surface area contributed by atoms with Crippen molar-refractivity contribution in [2.24, 2.45) is 0 Å². The van der Waals surface area contributed by atoms with Crippen molar-refractivity contribution < 1.29 is 14.3 Å². The maximum Gasteiger partial charge on any atom is 0.258 e. The molecule has 1 amide bonds. The first kappa shape index (κ1) is 22.3. The van der Waals surface area contributed by atoms with Gasteiger partial charge in [0.25, 0.3) is 5.91 Å². The fourth-order valence-electron chi connectivity index (χ4n) is 2.34. The summed E-state index contributed by atoms with van der Waals surface area (Å²) in [7, 11) is 1.60. The largest absolute Gasteiger partial charge is 0.493 e. The lowest BCUT2D eigenvalue weighted by molar-refractivity contribution is 0.0977. The minimum absolute atomic E-state index is 0.193. The molecule has 0 radical (unpaired) electrons. The molecule has 150 valence electrons. The van der Waals surface area contributed by atoms with Crippen LogP contribution in [0.15, 0.2) is 36.4 Å². The standard InChI is InChI=1S/C20H22Cl2N2O3S/c1-3-4-9-27-17-8-5-13(10-18(17)26-2)12-23-20(28)24-19(25)15-7-6-14(21)11-16(15)22/h5-8,10-11H,3-4,9,12H2,1-2H3,(H2,23,24,25,28). The van der Waals surface area contributed by atoms with Crippen LogP contribution >= 0.6 is 35.4 Å². The number of nitrogens with one attached hydrogen (secondary N) is 2. The number of halogens is 2. The van der Waals surface area contributed by atoms with Crippen molar-refractivity contribution in [2.45, 2.75) is 26.3 Å². The molecule has 0 saturated carbocycles. The van der Waals surface area contributed by atoms with E-state index in [0.717, 1.165) is 18.4 Å². The van der Waals surface area contributed by atoms with Gasteiger partial charge < -0.3 is 14.8 Å². The molecule has 0 saturated heterocycles. The van der Waals surface area contributed by atoms with Gasteiger partial charge in [0, 0.05) is 11.6 Å². The molecule has 0 heterocycles. The Morgan fingerprint density at radius 2 is 1.93 bits per heavy atom. The number of amides is 1. The summed E-state index contributed by atoms with van der Waals surface area (Å²) in [5, 5.41) is 6.50. The molecule has 0 aliphatic rings. The normalized spacial score (nSPS) is 10.3. The minimum Gasteiger partial charge on any atom is -0.493 e. The van der Waals surface area contributed by atoms with Crippen molar-refractivity contribution in [1.29, 1.82) is 0 Å². The van der Waals surface area contributed by atoms with Gasteiger partial charge in [-0.25, -0.2) is 0 Å². The van der Waals surface area contributed by atoms with Gasteiger partial charge in [-0.15, -0.1) is 0 Å². The molecule has 0 fully saturated rings. The van der Waals surface area contributed by atoms with E-state index in [4.69, 9.17) is 44.9 Å². The van der Waals surface area contributed by atoms with Crippen LogP contribution in [0.5, 0.6) is 11.5 Å². The van der Waals surface area contributed by atoms with E-state index in [2.05, 4.69) is 17.6 Å². The Hall–Kier alpha value is -2.02. The van der Waals surface area contributed by atoms with Crippen LogP contribution < -0.4 is 20.1 Å². The fraction of sp³-hybridized carbons (Fsp3) is 0.300. The molecule has 0 bridgehead atoms. The van der Waals surface area contributed by atoms with Gasteiger partial charge >= 0.3 is 0 Å². The van der Waals surface area contributed by atoms with Crippen molar-refractivity contribution in [2.75, 3.05) is 13.7 Å². The first-order valence-electron chi connectivity index (χ1n) is 8.78. The Morgan fingerprint density at radius 3 is 2.61 bits per heavy atom. The molecule has 8 heteroatoms. The van der Waals surface area contributed by atoms with Crippen LogP contribution in [0.2, 0.25) is 10.0 Å². The molecule has 0 spiro atoms. The zero-order valence-electron chi connectivity index (χ0n) is 15.7. The molecule has 2 rings (SSSR count). The monoisotopic (exact) mass is 440 g/mol. The smallest absolute Gasteiger partial charge is 0.258 e. The van der Waals surface area contributed by atoms with Crippen molar-refractivity contribution in [3.05, 3.63) is 57.6 Å². The lowest BCUT2D eigenvalue weighted by atomic mass is 10.2. The van der Waals surface area contributed by atoms with Crippen LogP contribution in [-0.4, -0.2) is 24.7 Å². The first-order valence-corrected chi connectivity index (χ1v) is 9.95. The Labute approximate surface area is 180 Å². The van der Waals surface area contributed by atoms with Gasteiger partial charge in [-0.2, -0.15) is 0 Å². The summed E-state index contributed by atoms with van der Waals surface area (Å²) < 4.78 is 11.1. The third-order valence-corrected chi connectivity index (χ3v) is 4.63. The highest BCUT2D eigenvalue weighted by molar-refractivity contribution is 7.80. The van der Waals surface area contributed by atoms with Crippen LogP contribution in [0.4, 0.5) is 0 Å². The molecule has 0 unspecified atom stereocenters. The van der Waals surface area contributed by atoms with Gasteiger partial charge in [0.1, 0.15) is 0 Å². The molecule has 2 N–H and O–H groups in total. The van der Waals surface area contributed by atoms with Crippen LogP contribution in [0.3, 0.4) is 0 Å². The van der Waals surface area contributed by atoms with Gasteiger partial charge in [-0.3, -0.25) is 10.1 Å². The summed E-state index contributed by atoms with van der Waals surface area (Å²) in [6, 6.07) is 10.3. The third kappa shape index (κ3) is 6.55. The molecule has 2 aromatic carbocycles. The lowest BCUT2D eigenvalue weighted by Gasteiger charge is -2.13. The Bertz CT molecular complexity index is 846. The quantitative estimate of drug-likeness (QED) is 0.447. The second kappa shape index (κ2) is 11.1.